The van der Waals surface area contributed by atoms with Crippen LogP contribution in [-0.4, -0.2) is 41.5 Å². The molecule has 2 aromatic rings. The zero-order chi connectivity index (χ0) is 16.8. The molecule has 5 nitrogen and oxygen atoms in total. The van der Waals surface area contributed by atoms with Gasteiger partial charge in [0, 0.05) is 32.0 Å². The number of pyridine rings is 1. The fourth-order valence-electron chi connectivity index (χ4n) is 3.10. The van der Waals surface area contributed by atoms with Gasteiger partial charge in [-0.15, -0.1) is 0 Å². The van der Waals surface area contributed by atoms with Crippen molar-refractivity contribution in [1.82, 2.24) is 9.88 Å². The number of aliphatic hydroxyl groups is 1. The molecule has 0 bridgehead atoms. The Bertz CT molecular complexity index is 648. The van der Waals surface area contributed by atoms with Crippen LogP contribution in [0.25, 0.3) is 0 Å². The van der Waals surface area contributed by atoms with Crippen LogP contribution < -0.4 is 9.47 Å². The molecule has 128 valence electrons. The Morgan fingerprint density at radius 2 is 2.08 bits per heavy atom. The zero-order valence-electron chi connectivity index (χ0n) is 14.0. The highest BCUT2D eigenvalue weighted by atomic mass is 16.7. The van der Waals surface area contributed by atoms with E-state index >= 15 is 0 Å². The molecule has 0 spiro atoms. The van der Waals surface area contributed by atoms with E-state index in [9.17, 15) is 5.11 Å². The molecule has 1 atom stereocenters. The van der Waals surface area contributed by atoms with Crippen LogP contribution in [0.1, 0.15) is 18.1 Å². The van der Waals surface area contributed by atoms with Crippen LogP contribution >= 0.6 is 0 Å². The van der Waals surface area contributed by atoms with E-state index in [-0.39, 0.29) is 6.61 Å². The summed E-state index contributed by atoms with van der Waals surface area (Å²) in [6, 6.07) is 10.2. The van der Waals surface area contributed by atoms with Gasteiger partial charge in [-0.1, -0.05) is 19.1 Å². The molecule has 0 amide bonds. The third kappa shape index (κ3) is 4.46. The molecule has 0 aliphatic carbocycles. The normalized spacial score (nSPS) is 14.1. The van der Waals surface area contributed by atoms with Crippen molar-refractivity contribution in [2.24, 2.45) is 5.92 Å². The van der Waals surface area contributed by atoms with Crippen molar-refractivity contribution in [1.29, 1.82) is 0 Å². The summed E-state index contributed by atoms with van der Waals surface area (Å²) in [6.07, 6.45) is 4.63. The Kier molecular flexibility index (Phi) is 5.67. The van der Waals surface area contributed by atoms with E-state index in [4.69, 9.17) is 9.47 Å². The molecule has 0 fully saturated rings. The monoisotopic (exact) mass is 328 g/mol. The topological polar surface area (TPSA) is 54.8 Å². The molecule has 0 radical (unpaired) electrons. The number of rotatable bonds is 8. The van der Waals surface area contributed by atoms with E-state index in [1.54, 1.807) is 6.20 Å². The van der Waals surface area contributed by atoms with Crippen LogP contribution in [0.5, 0.6) is 11.5 Å². The SMILES string of the molecule is CC(Cc1ccc2c(c1)OCO2)CN(CCO)Cc1cccnc1. The Labute approximate surface area is 142 Å². The Morgan fingerprint density at radius 3 is 2.88 bits per heavy atom. The second kappa shape index (κ2) is 8.13. The van der Waals surface area contributed by atoms with Crippen LogP contribution in [-0.2, 0) is 13.0 Å². The highest BCUT2D eigenvalue weighted by molar-refractivity contribution is 5.44. The highest BCUT2D eigenvalue weighted by Crippen LogP contribution is 2.33. The Morgan fingerprint density at radius 1 is 1.21 bits per heavy atom. The Hall–Kier alpha value is -2.11. The van der Waals surface area contributed by atoms with Gasteiger partial charge in [-0.3, -0.25) is 9.88 Å². The summed E-state index contributed by atoms with van der Waals surface area (Å²) in [4.78, 5) is 6.44. The average molecular weight is 328 g/mol. The predicted molar refractivity (Wildman–Crippen MR) is 92.0 cm³/mol. The van der Waals surface area contributed by atoms with Gasteiger partial charge in [-0.2, -0.15) is 0 Å². The number of hydrogen-bond acceptors (Lipinski definition) is 5. The van der Waals surface area contributed by atoms with Gasteiger partial charge >= 0.3 is 0 Å². The van der Waals surface area contributed by atoms with E-state index in [0.717, 1.165) is 31.0 Å². The lowest BCUT2D eigenvalue weighted by Gasteiger charge is -2.25. The molecule has 0 saturated heterocycles. The Balaban J connectivity index is 1.57. The molecule has 1 unspecified atom stereocenters. The summed E-state index contributed by atoms with van der Waals surface area (Å²) in [6.45, 7) is 5.10. The lowest BCUT2D eigenvalue weighted by molar-refractivity contribution is 0.172. The first-order valence-electron chi connectivity index (χ1n) is 8.35. The lowest BCUT2D eigenvalue weighted by atomic mass is 10.00. The number of benzene rings is 1. The van der Waals surface area contributed by atoms with Crippen molar-refractivity contribution in [3.63, 3.8) is 0 Å². The third-order valence-corrected chi connectivity index (χ3v) is 4.14. The molecule has 24 heavy (non-hydrogen) atoms. The number of aliphatic hydroxyl groups excluding tert-OH is 1. The van der Waals surface area contributed by atoms with E-state index in [1.807, 2.05) is 18.3 Å². The summed E-state index contributed by atoms with van der Waals surface area (Å²) in [7, 11) is 0. The molecule has 2 heterocycles. The van der Waals surface area contributed by atoms with Crippen LogP contribution in [0.3, 0.4) is 0 Å². The quantitative estimate of drug-likeness (QED) is 0.807. The number of ether oxygens (including phenoxy) is 2. The second-order valence-corrected chi connectivity index (χ2v) is 6.32. The second-order valence-electron chi connectivity index (χ2n) is 6.32. The summed E-state index contributed by atoms with van der Waals surface area (Å²) >= 11 is 0. The summed E-state index contributed by atoms with van der Waals surface area (Å²) < 4.78 is 10.8. The highest BCUT2D eigenvalue weighted by Gasteiger charge is 2.16. The fourth-order valence-corrected chi connectivity index (χ4v) is 3.10. The predicted octanol–water partition coefficient (Wildman–Crippen LogP) is 2.48. The van der Waals surface area contributed by atoms with Gasteiger partial charge < -0.3 is 14.6 Å². The number of aromatic nitrogens is 1. The van der Waals surface area contributed by atoms with Crippen molar-refractivity contribution in [3.8, 4) is 11.5 Å². The first kappa shape index (κ1) is 16.7. The first-order valence-corrected chi connectivity index (χ1v) is 8.35. The van der Waals surface area contributed by atoms with Gasteiger partial charge in [-0.05, 0) is 41.7 Å². The molecule has 0 saturated carbocycles. The van der Waals surface area contributed by atoms with Crippen molar-refractivity contribution >= 4 is 0 Å². The number of fused-ring (bicyclic) bond motifs is 1. The van der Waals surface area contributed by atoms with Gasteiger partial charge in [0.2, 0.25) is 6.79 Å². The average Bonchev–Trinajstić information content (AvgIpc) is 3.03. The number of nitrogens with zero attached hydrogens (tertiary/aromatic N) is 2. The molecule has 1 aromatic heterocycles. The van der Waals surface area contributed by atoms with E-state index in [2.05, 4.69) is 35.0 Å². The van der Waals surface area contributed by atoms with Gasteiger partial charge in [0.15, 0.2) is 11.5 Å². The molecule has 5 heteroatoms. The maximum Gasteiger partial charge on any atom is 0.231 e. The minimum Gasteiger partial charge on any atom is -0.454 e. The van der Waals surface area contributed by atoms with Gasteiger partial charge in [-0.25, -0.2) is 0 Å². The smallest absolute Gasteiger partial charge is 0.231 e. The van der Waals surface area contributed by atoms with Crippen molar-refractivity contribution < 1.29 is 14.6 Å². The minimum absolute atomic E-state index is 0.164. The molecular formula is C19H24N2O3. The minimum atomic E-state index is 0.164. The molecule has 1 N–H and O–H groups in total. The molecule has 1 aliphatic rings. The summed E-state index contributed by atoms with van der Waals surface area (Å²) in [5.74, 6) is 2.13. The molecular weight excluding hydrogens is 304 g/mol. The van der Waals surface area contributed by atoms with Crippen LogP contribution in [0.15, 0.2) is 42.7 Å². The maximum atomic E-state index is 9.34. The molecule has 1 aromatic carbocycles. The van der Waals surface area contributed by atoms with Crippen molar-refractivity contribution in [3.05, 3.63) is 53.9 Å². The maximum absolute atomic E-state index is 9.34. The van der Waals surface area contributed by atoms with Crippen LogP contribution in [0, 0.1) is 5.92 Å². The van der Waals surface area contributed by atoms with Gasteiger partial charge in [0.1, 0.15) is 0 Å². The molecule has 1 aliphatic heterocycles. The largest absolute Gasteiger partial charge is 0.454 e. The van der Waals surface area contributed by atoms with E-state index in [1.165, 1.54) is 11.1 Å². The van der Waals surface area contributed by atoms with Crippen molar-refractivity contribution in [2.45, 2.75) is 19.9 Å². The van der Waals surface area contributed by atoms with Crippen molar-refractivity contribution in [2.75, 3.05) is 26.5 Å². The first-order chi connectivity index (χ1) is 11.7. The third-order valence-electron chi connectivity index (χ3n) is 4.14. The zero-order valence-corrected chi connectivity index (χ0v) is 14.0. The van der Waals surface area contributed by atoms with Gasteiger partial charge in [0.25, 0.3) is 0 Å². The molecule has 3 rings (SSSR count). The fraction of sp³-hybridized carbons (Fsp3) is 0.421. The summed E-state index contributed by atoms with van der Waals surface area (Å²) in [5.41, 5.74) is 2.42. The van der Waals surface area contributed by atoms with Gasteiger partial charge in [0.05, 0.1) is 6.61 Å². The number of hydrogen-bond donors (Lipinski definition) is 1. The lowest BCUT2D eigenvalue weighted by Crippen LogP contribution is -2.31. The van der Waals surface area contributed by atoms with E-state index < -0.39 is 0 Å². The van der Waals surface area contributed by atoms with E-state index in [0.29, 0.717) is 19.3 Å². The standard InChI is InChI=1S/C19H24N2O3/c1-15(9-16-4-5-18-19(10-16)24-14-23-18)12-21(7-8-22)13-17-3-2-6-20-11-17/h2-6,10-11,15,22H,7-9,12-14H2,1H3. The summed E-state index contributed by atoms with van der Waals surface area (Å²) in [5, 5.41) is 9.34. The van der Waals surface area contributed by atoms with Crippen LogP contribution in [0.4, 0.5) is 0 Å². The van der Waals surface area contributed by atoms with Crippen LogP contribution in [0.2, 0.25) is 0 Å².